The lowest BCUT2D eigenvalue weighted by Crippen LogP contribution is -2.38. The van der Waals surface area contributed by atoms with Crippen LogP contribution in [0.1, 0.15) is 24.0 Å². The van der Waals surface area contributed by atoms with Crippen molar-refractivity contribution in [2.45, 2.75) is 24.9 Å². The molecule has 0 spiro atoms. The third kappa shape index (κ3) is 2.60. The summed E-state index contributed by atoms with van der Waals surface area (Å²) in [6.07, 6.45) is 1.94. The predicted octanol–water partition coefficient (Wildman–Crippen LogP) is 1.64. The highest BCUT2D eigenvalue weighted by Gasteiger charge is 2.29. The highest BCUT2D eigenvalue weighted by atomic mass is 16.5. The minimum atomic E-state index is -0.660. The number of hydrogen-bond donors (Lipinski definition) is 1. The highest BCUT2D eigenvalue weighted by Crippen LogP contribution is 2.25. The summed E-state index contributed by atoms with van der Waals surface area (Å²) in [6, 6.07) is 9.54. The van der Waals surface area contributed by atoms with Crippen LogP contribution in [0.15, 0.2) is 24.3 Å². The molecule has 1 aromatic carbocycles. The third-order valence-corrected chi connectivity index (χ3v) is 3.01. The van der Waals surface area contributed by atoms with Crippen LogP contribution in [-0.2, 0) is 11.2 Å². The molecule has 0 aromatic heterocycles. The van der Waals surface area contributed by atoms with Gasteiger partial charge in [-0.3, -0.25) is 0 Å². The predicted molar refractivity (Wildman–Crippen MR) is 59.9 cm³/mol. The van der Waals surface area contributed by atoms with Gasteiger partial charge in [-0.05, 0) is 30.5 Å². The number of aliphatic hydroxyl groups is 1. The Morgan fingerprint density at radius 3 is 2.81 bits per heavy atom. The summed E-state index contributed by atoms with van der Waals surface area (Å²) in [7, 11) is 0. The van der Waals surface area contributed by atoms with E-state index < -0.39 is 5.60 Å². The normalized spacial score (nSPS) is 19.0. The molecule has 1 heterocycles. The Hall–Kier alpha value is -1.37. The fourth-order valence-electron chi connectivity index (χ4n) is 2.06. The Morgan fingerprint density at radius 1 is 1.38 bits per heavy atom. The Kier molecular flexibility index (Phi) is 3.23. The number of benzene rings is 1. The summed E-state index contributed by atoms with van der Waals surface area (Å²) in [5.41, 5.74) is 1.00. The molecule has 84 valence electrons. The lowest BCUT2D eigenvalue weighted by atomic mass is 9.87. The molecule has 3 nitrogen and oxygen atoms in total. The molecule has 1 aliphatic heterocycles. The molecule has 3 heteroatoms. The quantitative estimate of drug-likeness (QED) is 0.819. The van der Waals surface area contributed by atoms with Crippen LogP contribution in [0.3, 0.4) is 0 Å². The van der Waals surface area contributed by atoms with Crippen molar-refractivity contribution in [3.63, 3.8) is 0 Å². The molecule has 0 bridgehead atoms. The number of ether oxygens (including phenoxy) is 1. The van der Waals surface area contributed by atoms with Gasteiger partial charge in [0.15, 0.2) is 0 Å². The number of nitrogens with zero attached hydrogens (tertiary/aromatic N) is 1. The second-order valence-electron chi connectivity index (χ2n) is 4.33. The number of nitriles is 1. The second kappa shape index (κ2) is 4.65. The highest BCUT2D eigenvalue weighted by molar-refractivity contribution is 5.33. The fraction of sp³-hybridized carbons (Fsp3) is 0.462. The van der Waals surface area contributed by atoms with Gasteiger partial charge in [-0.25, -0.2) is 0 Å². The van der Waals surface area contributed by atoms with Crippen LogP contribution in [-0.4, -0.2) is 23.9 Å². The molecule has 1 fully saturated rings. The topological polar surface area (TPSA) is 53.2 Å². The molecule has 1 N–H and O–H groups in total. The van der Waals surface area contributed by atoms with Crippen LogP contribution in [0, 0.1) is 11.3 Å². The summed E-state index contributed by atoms with van der Waals surface area (Å²) in [4.78, 5) is 0. The first kappa shape index (κ1) is 11.1. The molecule has 0 amide bonds. The summed E-state index contributed by atoms with van der Waals surface area (Å²) in [6.45, 7) is 1.24. The second-order valence-corrected chi connectivity index (χ2v) is 4.33. The van der Waals surface area contributed by atoms with E-state index in [0.29, 0.717) is 38.0 Å². The molecule has 0 unspecified atom stereocenters. The summed E-state index contributed by atoms with van der Waals surface area (Å²) in [5, 5.41) is 19.1. The van der Waals surface area contributed by atoms with Crippen molar-refractivity contribution in [2.75, 3.05) is 13.2 Å². The Labute approximate surface area is 95.3 Å². The van der Waals surface area contributed by atoms with Gasteiger partial charge in [0.25, 0.3) is 0 Å². The molecule has 0 aliphatic carbocycles. The van der Waals surface area contributed by atoms with Gasteiger partial charge in [0.2, 0.25) is 0 Å². The molecular formula is C13H15NO2. The van der Waals surface area contributed by atoms with E-state index in [1.54, 1.807) is 6.07 Å². The number of hydrogen-bond acceptors (Lipinski definition) is 3. The van der Waals surface area contributed by atoms with E-state index in [1.165, 1.54) is 0 Å². The molecule has 2 rings (SSSR count). The van der Waals surface area contributed by atoms with Gasteiger partial charge in [-0.15, -0.1) is 0 Å². The Bertz CT molecular complexity index is 403. The lowest BCUT2D eigenvalue weighted by Gasteiger charge is -2.32. The maximum atomic E-state index is 10.3. The zero-order valence-electron chi connectivity index (χ0n) is 9.15. The maximum Gasteiger partial charge on any atom is 0.0991 e. The van der Waals surface area contributed by atoms with Gasteiger partial charge in [-0.1, -0.05) is 12.1 Å². The zero-order valence-corrected chi connectivity index (χ0v) is 9.15. The van der Waals surface area contributed by atoms with Gasteiger partial charge >= 0.3 is 0 Å². The van der Waals surface area contributed by atoms with E-state index in [1.807, 2.05) is 18.2 Å². The van der Waals surface area contributed by atoms with Crippen LogP contribution in [0.25, 0.3) is 0 Å². The molecule has 0 radical (unpaired) electrons. The lowest BCUT2D eigenvalue weighted by molar-refractivity contribution is -0.0625. The largest absolute Gasteiger partial charge is 0.389 e. The smallest absolute Gasteiger partial charge is 0.0991 e. The van der Waals surface area contributed by atoms with Crippen LogP contribution >= 0.6 is 0 Å². The molecule has 0 saturated carbocycles. The van der Waals surface area contributed by atoms with Crippen molar-refractivity contribution in [1.82, 2.24) is 0 Å². The minimum absolute atomic E-state index is 0.603. The van der Waals surface area contributed by atoms with Crippen LogP contribution in [0.2, 0.25) is 0 Å². The van der Waals surface area contributed by atoms with Gasteiger partial charge in [-0.2, -0.15) is 5.26 Å². The summed E-state index contributed by atoms with van der Waals surface area (Å²) < 4.78 is 5.24. The summed E-state index contributed by atoms with van der Waals surface area (Å²) >= 11 is 0. The average molecular weight is 217 g/mol. The first-order valence-electron chi connectivity index (χ1n) is 5.51. The standard InChI is InChI=1S/C13H15NO2/c14-10-12-3-1-2-11(8-12)9-13(15)4-6-16-7-5-13/h1-3,8,15H,4-7,9H2. The minimum Gasteiger partial charge on any atom is -0.389 e. The van der Waals surface area contributed by atoms with Crippen molar-refractivity contribution in [2.24, 2.45) is 0 Å². The molecule has 1 aliphatic rings. The molecule has 0 atom stereocenters. The average Bonchev–Trinajstić information content (AvgIpc) is 2.29. The van der Waals surface area contributed by atoms with Crippen molar-refractivity contribution in [3.8, 4) is 6.07 Å². The van der Waals surface area contributed by atoms with Gasteiger partial charge in [0.1, 0.15) is 0 Å². The van der Waals surface area contributed by atoms with E-state index in [-0.39, 0.29) is 0 Å². The van der Waals surface area contributed by atoms with E-state index in [4.69, 9.17) is 10.00 Å². The third-order valence-electron chi connectivity index (χ3n) is 3.01. The van der Waals surface area contributed by atoms with Crippen molar-refractivity contribution < 1.29 is 9.84 Å². The number of rotatable bonds is 2. The van der Waals surface area contributed by atoms with Crippen LogP contribution in [0.4, 0.5) is 0 Å². The van der Waals surface area contributed by atoms with Crippen LogP contribution in [0.5, 0.6) is 0 Å². The van der Waals surface area contributed by atoms with Crippen molar-refractivity contribution >= 4 is 0 Å². The maximum absolute atomic E-state index is 10.3. The molecule has 1 aromatic rings. The Balaban J connectivity index is 2.10. The molecular weight excluding hydrogens is 202 g/mol. The fourth-order valence-corrected chi connectivity index (χ4v) is 2.06. The molecule has 16 heavy (non-hydrogen) atoms. The van der Waals surface area contributed by atoms with Crippen molar-refractivity contribution in [3.05, 3.63) is 35.4 Å². The first-order valence-corrected chi connectivity index (χ1v) is 5.51. The monoisotopic (exact) mass is 217 g/mol. The SMILES string of the molecule is N#Cc1cccc(CC2(O)CCOCC2)c1. The van der Waals surface area contributed by atoms with Gasteiger partial charge < -0.3 is 9.84 Å². The van der Waals surface area contributed by atoms with E-state index in [9.17, 15) is 5.11 Å². The van der Waals surface area contributed by atoms with Gasteiger partial charge in [0, 0.05) is 19.6 Å². The van der Waals surface area contributed by atoms with Gasteiger partial charge in [0.05, 0.1) is 17.2 Å². The first-order chi connectivity index (χ1) is 7.72. The van der Waals surface area contributed by atoms with Crippen LogP contribution < -0.4 is 0 Å². The van der Waals surface area contributed by atoms with E-state index in [2.05, 4.69) is 6.07 Å². The molecule has 1 saturated heterocycles. The van der Waals surface area contributed by atoms with Crippen molar-refractivity contribution in [1.29, 1.82) is 5.26 Å². The Morgan fingerprint density at radius 2 is 2.12 bits per heavy atom. The zero-order chi connectivity index (χ0) is 11.4. The van der Waals surface area contributed by atoms with E-state index in [0.717, 1.165) is 5.56 Å². The summed E-state index contributed by atoms with van der Waals surface area (Å²) in [5.74, 6) is 0. The van der Waals surface area contributed by atoms with E-state index >= 15 is 0 Å².